The molecule has 0 aliphatic rings. The van der Waals surface area contributed by atoms with Crippen LogP contribution in [0.15, 0.2) is 0 Å². The zero-order chi connectivity index (χ0) is 2.71. The molecular weight excluding hydrogens is 88.2 g/mol. The maximum absolute atomic E-state index is 2.04. The van der Waals surface area contributed by atoms with Crippen LogP contribution in [0.25, 0.3) is 0 Å². The van der Waals surface area contributed by atoms with Gasteiger partial charge in [0.1, 0.15) is 0 Å². The van der Waals surface area contributed by atoms with Crippen LogP contribution in [0.5, 0.6) is 0 Å². The highest BCUT2D eigenvalue weighted by Gasteiger charge is 1.32. The summed E-state index contributed by atoms with van der Waals surface area (Å²) in [6.07, 6.45) is 4.08. The molecule has 0 unspecified atom stereocenters. The Labute approximate surface area is 38.4 Å². The molecule has 2 heteroatoms. The third kappa shape index (κ3) is 15.9. The summed E-state index contributed by atoms with van der Waals surface area (Å²) in [5.41, 5.74) is 0. The zero-order valence-electron chi connectivity index (χ0n) is 2.91. The van der Waals surface area contributed by atoms with E-state index in [1.165, 1.54) is 0 Å². The second-order valence-electron chi connectivity index (χ2n) is 0.408. The Kier molecular flexibility index (Phi) is 20.6. The molecule has 0 heterocycles. The molecule has 0 radical (unpaired) electrons. The Morgan fingerprint density at radius 3 is 1.25 bits per heavy atom. The Morgan fingerprint density at radius 1 is 1.25 bits per heavy atom. The van der Waals surface area contributed by atoms with E-state index >= 15 is 0 Å². The van der Waals surface area contributed by atoms with Crippen molar-refractivity contribution in [3.05, 3.63) is 0 Å². The summed E-state index contributed by atoms with van der Waals surface area (Å²) in [6, 6.07) is 0. The van der Waals surface area contributed by atoms with Gasteiger partial charge in [-0.05, 0) is 12.5 Å². The normalized spacial score (nSPS) is 4.50. The Balaban J connectivity index is 0. The van der Waals surface area contributed by atoms with Gasteiger partial charge in [0.15, 0.2) is 0 Å². The summed E-state index contributed by atoms with van der Waals surface area (Å²) in [5.74, 6) is 0. The lowest BCUT2D eigenvalue weighted by Crippen LogP contribution is -1.25. The molecular formula is C2H8S2. The second-order valence-corrected chi connectivity index (χ2v) is 1.22. The van der Waals surface area contributed by atoms with Crippen LogP contribution >= 0.6 is 25.3 Å². The SMILES string of the molecule is CSC.S. The van der Waals surface area contributed by atoms with E-state index in [0.717, 1.165) is 0 Å². The number of rotatable bonds is 0. The molecule has 0 amide bonds. The fourth-order valence-corrected chi connectivity index (χ4v) is 0. The molecule has 0 aromatic rings. The van der Waals surface area contributed by atoms with Gasteiger partial charge in [-0.25, -0.2) is 0 Å². The predicted molar refractivity (Wildman–Crippen MR) is 29.8 cm³/mol. The third-order valence-corrected chi connectivity index (χ3v) is 0. The summed E-state index contributed by atoms with van der Waals surface area (Å²) in [5, 5.41) is 0. The van der Waals surface area contributed by atoms with Crippen LogP contribution in [0.1, 0.15) is 0 Å². The quantitative estimate of drug-likeness (QED) is 0.435. The van der Waals surface area contributed by atoms with E-state index < -0.39 is 0 Å². The smallest absolute Gasteiger partial charge is 0.0187 e. The van der Waals surface area contributed by atoms with E-state index in [-0.39, 0.29) is 13.5 Å². The molecule has 0 saturated carbocycles. The van der Waals surface area contributed by atoms with E-state index in [9.17, 15) is 0 Å². The molecule has 0 fully saturated rings. The standard InChI is InChI=1S/C2H6S.H2S/c1-3-2;/h1-2H3;1H2. The molecule has 0 aliphatic carbocycles. The van der Waals surface area contributed by atoms with E-state index in [2.05, 4.69) is 0 Å². The molecule has 4 heavy (non-hydrogen) atoms. The first kappa shape index (κ1) is 8.83. The summed E-state index contributed by atoms with van der Waals surface area (Å²) in [6.45, 7) is 0. The molecule has 0 aliphatic heterocycles. The largest absolute Gasteiger partial charge is 0.197 e. The summed E-state index contributed by atoms with van der Waals surface area (Å²) >= 11 is 1.75. The first-order chi connectivity index (χ1) is 1.41. The third-order valence-electron chi connectivity index (χ3n) is 0. The van der Waals surface area contributed by atoms with Crippen LogP contribution in [-0.4, -0.2) is 12.5 Å². The van der Waals surface area contributed by atoms with Crippen molar-refractivity contribution in [1.82, 2.24) is 0 Å². The van der Waals surface area contributed by atoms with Crippen LogP contribution in [0.3, 0.4) is 0 Å². The Hall–Kier alpha value is 0.700. The highest BCUT2D eigenvalue weighted by molar-refractivity contribution is 7.97. The van der Waals surface area contributed by atoms with Crippen molar-refractivity contribution in [2.75, 3.05) is 12.5 Å². The van der Waals surface area contributed by atoms with Crippen LogP contribution in [-0.2, 0) is 0 Å². The molecule has 0 nitrogen and oxygen atoms in total. The molecule has 0 aromatic carbocycles. The van der Waals surface area contributed by atoms with Gasteiger partial charge in [0.2, 0.25) is 0 Å². The predicted octanol–water partition coefficient (Wildman–Crippen LogP) is 1.09. The summed E-state index contributed by atoms with van der Waals surface area (Å²) in [7, 11) is 0. The summed E-state index contributed by atoms with van der Waals surface area (Å²) < 4.78 is 0. The van der Waals surface area contributed by atoms with Crippen LogP contribution in [0.2, 0.25) is 0 Å². The Morgan fingerprint density at radius 2 is 1.25 bits per heavy atom. The van der Waals surface area contributed by atoms with Gasteiger partial charge in [0, 0.05) is 0 Å². The van der Waals surface area contributed by atoms with Gasteiger partial charge in [-0.15, -0.1) is 0 Å². The van der Waals surface area contributed by atoms with E-state index in [1.54, 1.807) is 11.8 Å². The first-order valence-corrected chi connectivity index (χ1v) is 2.45. The van der Waals surface area contributed by atoms with Crippen molar-refractivity contribution in [3.63, 3.8) is 0 Å². The lowest BCUT2D eigenvalue weighted by atomic mass is 11.9. The minimum absolute atomic E-state index is 0. The summed E-state index contributed by atoms with van der Waals surface area (Å²) in [4.78, 5) is 0. The van der Waals surface area contributed by atoms with Crippen molar-refractivity contribution >= 4 is 25.3 Å². The molecule has 0 bridgehead atoms. The topological polar surface area (TPSA) is 0 Å². The van der Waals surface area contributed by atoms with Gasteiger partial charge in [-0.1, -0.05) is 0 Å². The van der Waals surface area contributed by atoms with Crippen molar-refractivity contribution in [2.45, 2.75) is 0 Å². The van der Waals surface area contributed by atoms with Crippen LogP contribution in [0.4, 0.5) is 0 Å². The van der Waals surface area contributed by atoms with Crippen molar-refractivity contribution in [3.8, 4) is 0 Å². The average molecular weight is 96.2 g/mol. The lowest BCUT2D eigenvalue weighted by Gasteiger charge is -1.51. The molecule has 0 N–H and O–H groups in total. The number of hydrogen-bond donors (Lipinski definition) is 0. The zero-order valence-corrected chi connectivity index (χ0v) is 4.72. The van der Waals surface area contributed by atoms with Crippen molar-refractivity contribution in [2.24, 2.45) is 0 Å². The highest BCUT2D eigenvalue weighted by atomic mass is 32.2. The molecule has 0 aromatic heterocycles. The van der Waals surface area contributed by atoms with E-state index in [1.807, 2.05) is 12.5 Å². The van der Waals surface area contributed by atoms with E-state index in [4.69, 9.17) is 0 Å². The van der Waals surface area contributed by atoms with E-state index in [0.29, 0.717) is 0 Å². The molecule has 0 spiro atoms. The fourth-order valence-electron chi connectivity index (χ4n) is 0. The van der Waals surface area contributed by atoms with Gasteiger partial charge < -0.3 is 0 Å². The minimum Gasteiger partial charge on any atom is -0.197 e. The molecule has 0 atom stereocenters. The van der Waals surface area contributed by atoms with Crippen LogP contribution < -0.4 is 0 Å². The minimum atomic E-state index is 0. The van der Waals surface area contributed by atoms with Gasteiger partial charge >= 0.3 is 0 Å². The molecule has 0 rings (SSSR count). The van der Waals surface area contributed by atoms with Gasteiger partial charge in [-0.3, -0.25) is 0 Å². The monoisotopic (exact) mass is 96.0 g/mol. The van der Waals surface area contributed by atoms with Crippen molar-refractivity contribution in [1.29, 1.82) is 0 Å². The lowest BCUT2D eigenvalue weighted by molar-refractivity contribution is 2.37. The Bertz CT molecular complexity index is 4.00. The fraction of sp³-hybridized carbons (Fsp3) is 1.00. The first-order valence-electron chi connectivity index (χ1n) is 0.816. The van der Waals surface area contributed by atoms with Crippen molar-refractivity contribution < 1.29 is 0 Å². The maximum atomic E-state index is 2.04. The van der Waals surface area contributed by atoms with Gasteiger partial charge in [0.25, 0.3) is 0 Å². The molecule has 28 valence electrons. The number of thioether (sulfide) groups is 1. The average Bonchev–Trinajstić information content (AvgIpc) is 0.918. The highest BCUT2D eigenvalue weighted by Crippen LogP contribution is 1.70. The second kappa shape index (κ2) is 9.33. The van der Waals surface area contributed by atoms with Crippen LogP contribution in [0, 0.1) is 0 Å². The number of hydrogen-bond acceptors (Lipinski definition) is 1. The maximum Gasteiger partial charge on any atom is -0.0187 e. The molecule has 0 saturated heterocycles. The van der Waals surface area contributed by atoms with Gasteiger partial charge in [-0.2, -0.15) is 25.3 Å². The van der Waals surface area contributed by atoms with Gasteiger partial charge in [0.05, 0.1) is 0 Å².